The van der Waals surface area contributed by atoms with Gasteiger partial charge in [-0.2, -0.15) is 0 Å². The third kappa shape index (κ3) is 3.13. The normalized spacial score (nSPS) is 10.0. The molecular formula is C14H14Hf. The quantitative estimate of drug-likeness (QED) is 0.721. The van der Waals surface area contributed by atoms with E-state index in [1.807, 2.05) is 0 Å². The molecule has 2 aromatic rings. The molecule has 0 N–H and O–H groups in total. The summed E-state index contributed by atoms with van der Waals surface area (Å²) < 4.78 is 3.15. The van der Waals surface area contributed by atoms with Gasteiger partial charge in [-0.15, -0.1) is 0 Å². The summed E-state index contributed by atoms with van der Waals surface area (Å²) in [7, 11) is 0. The first kappa shape index (κ1) is 10.8. The van der Waals surface area contributed by atoms with Crippen LogP contribution in [0.4, 0.5) is 0 Å². The molecule has 2 aromatic carbocycles. The van der Waals surface area contributed by atoms with Gasteiger partial charge in [0.25, 0.3) is 0 Å². The zero-order chi connectivity index (χ0) is 10.7. The number of aryl methyl sites for hydroxylation is 2. The third-order valence-electron chi connectivity index (χ3n) is 2.39. The molecule has 0 aromatic heterocycles. The van der Waals surface area contributed by atoms with Crippen molar-refractivity contribution in [3.8, 4) is 0 Å². The predicted octanol–water partition coefficient (Wildman–Crippen LogP) is 2.34. The Morgan fingerprint density at radius 1 is 0.600 bits per heavy atom. The van der Waals surface area contributed by atoms with Crippen molar-refractivity contribution in [2.24, 2.45) is 0 Å². The van der Waals surface area contributed by atoms with Crippen LogP contribution in [0.2, 0.25) is 0 Å². The molecule has 0 amide bonds. The molecule has 0 saturated carbocycles. The number of rotatable bonds is 2. The molecule has 0 heterocycles. The molecule has 0 nitrogen and oxygen atoms in total. The fraction of sp³-hybridized carbons (Fsp3) is 0.143. The average molecular weight is 361 g/mol. The fourth-order valence-corrected chi connectivity index (χ4v) is 5.03. The van der Waals surface area contributed by atoms with Gasteiger partial charge in [0.2, 0.25) is 0 Å². The Morgan fingerprint density at radius 3 is 1.27 bits per heavy atom. The minimum absolute atomic E-state index is 0.784. The van der Waals surface area contributed by atoms with E-state index in [2.05, 4.69) is 62.4 Å². The van der Waals surface area contributed by atoms with E-state index >= 15 is 0 Å². The molecule has 1 heteroatoms. The van der Waals surface area contributed by atoms with Gasteiger partial charge in [0, 0.05) is 0 Å². The SMILES string of the molecule is Cc1cc[c]([Hf][c]2ccc(C)cc2)cc1. The van der Waals surface area contributed by atoms with Gasteiger partial charge < -0.3 is 0 Å². The molecule has 15 heavy (non-hydrogen) atoms. The van der Waals surface area contributed by atoms with Crippen LogP contribution in [0.3, 0.4) is 0 Å². The summed E-state index contributed by atoms with van der Waals surface area (Å²) in [4.78, 5) is 0. The van der Waals surface area contributed by atoms with E-state index in [1.165, 1.54) is 11.1 Å². The Morgan fingerprint density at radius 2 is 0.933 bits per heavy atom. The van der Waals surface area contributed by atoms with Gasteiger partial charge in [-0.3, -0.25) is 0 Å². The summed E-state index contributed by atoms with van der Waals surface area (Å²) >= 11 is -0.784. The molecule has 0 radical (unpaired) electrons. The first-order valence-electron chi connectivity index (χ1n) is 5.14. The molecule has 0 fully saturated rings. The van der Waals surface area contributed by atoms with Crippen molar-refractivity contribution >= 4 is 6.64 Å². The van der Waals surface area contributed by atoms with Crippen LogP contribution in [-0.2, 0) is 22.9 Å². The summed E-state index contributed by atoms with van der Waals surface area (Å²) in [6.45, 7) is 4.28. The van der Waals surface area contributed by atoms with Crippen LogP contribution in [-0.4, -0.2) is 0 Å². The van der Waals surface area contributed by atoms with E-state index < -0.39 is 22.9 Å². The van der Waals surface area contributed by atoms with Crippen LogP contribution >= 0.6 is 0 Å². The zero-order valence-corrected chi connectivity index (χ0v) is 12.7. The molecule has 2 rings (SSSR count). The molecule has 0 unspecified atom stereocenters. The van der Waals surface area contributed by atoms with Crippen LogP contribution in [0.1, 0.15) is 11.1 Å². The summed E-state index contributed by atoms with van der Waals surface area (Å²) in [6, 6.07) is 18.0. The van der Waals surface area contributed by atoms with Crippen LogP contribution < -0.4 is 6.64 Å². The zero-order valence-electron chi connectivity index (χ0n) is 9.12. The monoisotopic (exact) mass is 362 g/mol. The van der Waals surface area contributed by atoms with Crippen molar-refractivity contribution in [3.05, 3.63) is 59.7 Å². The maximum absolute atomic E-state index is 2.29. The summed E-state index contributed by atoms with van der Waals surface area (Å²) in [5.41, 5.74) is 2.71. The molecular weight excluding hydrogens is 347 g/mol. The Hall–Kier alpha value is -0.690. The van der Waals surface area contributed by atoms with E-state index in [9.17, 15) is 0 Å². The van der Waals surface area contributed by atoms with Crippen LogP contribution in [0, 0.1) is 13.8 Å². The van der Waals surface area contributed by atoms with Gasteiger partial charge in [-0.1, -0.05) is 0 Å². The second kappa shape index (κ2) is 4.89. The summed E-state index contributed by atoms with van der Waals surface area (Å²) in [5, 5.41) is 0. The van der Waals surface area contributed by atoms with E-state index in [0.29, 0.717) is 0 Å². The first-order chi connectivity index (χ1) is 7.24. The molecule has 0 aliphatic carbocycles. The van der Waals surface area contributed by atoms with E-state index in [4.69, 9.17) is 0 Å². The van der Waals surface area contributed by atoms with E-state index in [1.54, 1.807) is 6.64 Å². The second-order valence-corrected chi connectivity index (χ2v) is 8.90. The molecule has 0 aliphatic rings. The van der Waals surface area contributed by atoms with E-state index in [0.717, 1.165) is 0 Å². The number of hydrogen-bond acceptors (Lipinski definition) is 0. The molecule has 0 saturated heterocycles. The van der Waals surface area contributed by atoms with E-state index in [-0.39, 0.29) is 0 Å². The van der Waals surface area contributed by atoms with Crippen LogP contribution in [0.15, 0.2) is 48.5 Å². The van der Waals surface area contributed by atoms with Gasteiger partial charge >= 0.3 is 103 Å². The fourth-order valence-electron chi connectivity index (χ4n) is 1.44. The molecule has 0 aliphatic heterocycles. The van der Waals surface area contributed by atoms with Crippen molar-refractivity contribution in [1.82, 2.24) is 0 Å². The topological polar surface area (TPSA) is 0 Å². The summed E-state index contributed by atoms with van der Waals surface area (Å²) in [6.07, 6.45) is 0. The van der Waals surface area contributed by atoms with Crippen LogP contribution in [0.5, 0.6) is 0 Å². The average Bonchev–Trinajstić information content (AvgIpc) is 2.25. The van der Waals surface area contributed by atoms with Gasteiger partial charge in [-0.05, 0) is 0 Å². The third-order valence-corrected chi connectivity index (χ3v) is 6.86. The Balaban J connectivity index is 2.15. The van der Waals surface area contributed by atoms with Crippen molar-refractivity contribution in [3.63, 3.8) is 0 Å². The van der Waals surface area contributed by atoms with Crippen LogP contribution in [0.25, 0.3) is 0 Å². The predicted molar refractivity (Wildman–Crippen MR) is 61.6 cm³/mol. The Labute approximate surface area is 103 Å². The molecule has 0 atom stereocenters. The Bertz CT molecular complexity index is 382. The standard InChI is InChI=1S/2C7H7.Hf/c2*1-7-5-3-2-4-6-7;/h2*3-6H,1H3;. The van der Waals surface area contributed by atoms with Gasteiger partial charge in [-0.25, -0.2) is 0 Å². The second-order valence-electron chi connectivity index (χ2n) is 3.86. The number of benzene rings is 2. The van der Waals surface area contributed by atoms with Crippen molar-refractivity contribution < 1.29 is 22.9 Å². The molecule has 0 spiro atoms. The minimum atomic E-state index is -0.784. The van der Waals surface area contributed by atoms with Crippen molar-refractivity contribution in [1.29, 1.82) is 0 Å². The summed E-state index contributed by atoms with van der Waals surface area (Å²) in [5.74, 6) is 0. The first-order valence-corrected chi connectivity index (χ1v) is 8.74. The maximum atomic E-state index is 2.29. The van der Waals surface area contributed by atoms with Crippen molar-refractivity contribution in [2.75, 3.05) is 0 Å². The molecule has 0 bridgehead atoms. The number of hydrogen-bond donors (Lipinski definition) is 0. The molecule has 74 valence electrons. The Kier molecular flexibility index (Phi) is 3.53. The van der Waals surface area contributed by atoms with Gasteiger partial charge in [0.05, 0.1) is 0 Å². The van der Waals surface area contributed by atoms with Gasteiger partial charge in [0.15, 0.2) is 0 Å². The van der Waals surface area contributed by atoms with Gasteiger partial charge in [0.1, 0.15) is 0 Å². The van der Waals surface area contributed by atoms with Crippen molar-refractivity contribution in [2.45, 2.75) is 13.8 Å².